The molecule has 0 spiro atoms. The van der Waals surface area contributed by atoms with E-state index in [1.54, 1.807) is 6.20 Å². The van der Waals surface area contributed by atoms with Crippen molar-refractivity contribution >= 4 is 32.9 Å². The van der Waals surface area contributed by atoms with Gasteiger partial charge in [0.05, 0.1) is 11.0 Å². The van der Waals surface area contributed by atoms with Crippen LogP contribution in [0, 0.1) is 0 Å². The Labute approximate surface area is 119 Å². The minimum atomic E-state index is 0.553. The lowest BCUT2D eigenvalue weighted by molar-refractivity contribution is 0.724. The first-order valence-corrected chi connectivity index (χ1v) is 6.83. The van der Waals surface area contributed by atoms with Crippen LogP contribution < -0.4 is 5.73 Å². The maximum absolute atomic E-state index is 5.99. The van der Waals surface area contributed by atoms with Gasteiger partial charge in [-0.2, -0.15) is 0 Å². The minimum Gasteiger partial charge on any atom is -0.369 e. The van der Waals surface area contributed by atoms with Crippen molar-refractivity contribution in [1.29, 1.82) is 0 Å². The molecule has 3 aromatic rings. The number of nitrogens with zero attached hydrogens (tertiary/aromatic N) is 3. The predicted octanol–water partition coefficient (Wildman–Crippen LogP) is 3.02. The first kappa shape index (κ1) is 12.2. The van der Waals surface area contributed by atoms with E-state index in [1.807, 2.05) is 35.0 Å². The Morgan fingerprint density at radius 2 is 2.16 bits per heavy atom. The van der Waals surface area contributed by atoms with E-state index in [-0.39, 0.29) is 0 Å². The Balaban J connectivity index is 1.90. The van der Waals surface area contributed by atoms with Gasteiger partial charge in [0.2, 0.25) is 5.95 Å². The highest BCUT2D eigenvalue weighted by Crippen LogP contribution is 2.22. The third kappa shape index (κ3) is 2.46. The summed E-state index contributed by atoms with van der Waals surface area (Å²) in [7, 11) is 0. The van der Waals surface area contributed by atoms with Crippen LogP contribution in [0.1, 0.15) is 5.56 Å². The number of nitrogen functional groups attached to an aromatic ring is 1. The van der Waals surface area contributed by atoms with E-state index in [0.717, 1.165) is 28.5 Å². The fourth-order valence-corrected chi connectivity index (χ4v) is 2.49. The van der Waals surface area contributed by atoms with Crippen molar-refractivity contribution in [2.75, 3.05) is 5.73 Å². The number of imidazole rings is 1. The number of benzene rings is 1. The Kier molecular flexibility index (Phi) is 3.21. The number of aryl methyl sites for hydroxylation is 2. The lowest BCUT2D eigenvalue weighted by atomic mass is 10.2. The van der Waals surface area contributed by atoms with Gasteiger partial charge in [0, 0.05) is 23.4 Å². The molecule has 0 aliphatic heterocycles. The van der Waals surface area contributed by atoms with E-state index in [2.05, 4.69) is 32.0 Å². The van der Waals surface area contributed by atoms with Crippen LogP contribution in [0.3, 0.4) is 0 Å². The molecule has 5 heteroatoms. The average Bonchev–Trinajstić information content (AvgIpc) is 2.72. The number of rotatable bonds is 3. The molecular weight excluding hydrogens is 304 g/mol. The smallest absolute Gasteiger partial charge is 0.201 e. The van der Waals surface area contributed by atoms with Crippen LogP contribution in [-0.2, 0) is 13.0 Å². The van der Waals surface area contributed by atoms with Crippen molar-refractivity contribution in [1.82, 2.24) is 14.5 Å². The van der Waals surface area contributed by atoms with Gasteiger partial charge in [-0.15, -0.1) is 0 Å². The van der Waals surface area contributed by atoms with E-state index >= 15 is 0 Å². The van der Waals surface area contributed by atoms with Crippen molar-refractivity contribution in [2.24, 2.45) is 0 Å². The first-order valence-electron chi connectivity index (χ1n) is 6.04. The Hall–Kier alpha value is -1.88. The van der Waals surface area contributed by atoms with Gasteiger partial charge in [0.15, 0.2) is 0 Å². The van der Waals surface area contributed by atoms with E-state index in [9.17, 15) is 0 Å². The fourth-order valence-electron chi connectivity index (χ4n) is 2.14. The topological polar surface area (TPSA) is 56.7 Å². The molecule has 0 radical (unpaired) electrons. The number of hydrogen-bond acceptors (Lipinski definition) is 3. The molecule has 4 nitrogen and oxygen atoms in total. The largest absolute Gasteiger partial charge is 0.369 e. The minimum absolute atomic E-state index is 0.553. The number of pyridine rings is 1. The summed E-state index contributed by atoms with van der Waals surface area (Å²) in [5.41, 5.74) is 9.16. The average molecular weight is 317 g/mol. The molecule has 2 heterocycles. The highest BCUT2D eigenvalue weighted by molar-refractivity contribution is 9.10. The van der Waals surface area contributed by atoms with Crippen molar-refractivity contribution < 1.29 is 0 Å². The van der Waals surface area contributed by atoms with Crippen LogP contribution in [0.5, 0.6) is 0 Å². The van der Waals surface area contributed by atoms with Crippen molar-refractivity contribution in [3.05, 3.63) is 52.8 Å². The number of halogens is 1. The molecule has 0 aliphatic rings. The van der Waals surface area contributed by atoms with Gasteiger partial charge < -0.3 is 10.3 Å². The second-order valence-corrected chi connectivity index (χ2v) is 5.28. The van der Waals surface area contributed by atoms with Gasteiger partial charge in [0.25, 0.3) is 0 Å². The SMILES string of the molecule is Nc1nc2cc(Br)ccc2n1CCc1cccnc1. The summed E-state index contributed by atoms with van der Waals surface area (Å²) in [6.07, 6.45) is 4.55. The summed E-state index contributed by atoms with van der Waals surface area (Å²) >= 11 is 3.44. The van der Waals surface area contributed by atoms with Gasteiger partial charge in [-0.3, -0.25) is 4.98 Å². The molecule has 2 N–H and O–H groups in total. The highest BCUT2D eigenvalue weighted by Gasteiger charge is 2.08. The van der Waals surface area contributed by atoms with Gasteiger partial charge in [0.1, 0.15) is 0 Å². The molecule has 2 aromatic heterocycles. The van der Waals surface area contributed by atoms with Crippen molar-refractivity contribution in [3.63, 3.8) is 0 Å². The molecule has 0 amide bonds. The number of hydrogen-bond donors (Lipinski definition) is 1. The molecule has 0 saturated heterocycles. The second kappa shape index (κ2) is 5.01. The molecule has 0 atom stereocenters. The molecule has 0 saturated carbocycles. The molecule has 1 aromatic carbocycles. The maximum atomic E-state index is 5.99. The molecule has 3 rings (SSSR count). The van der Waals surface area contributed by atoms with Crippen molar-refractivity contribution in [3.8, 4) is 0 Å². The van der Waals surface area contributed by atoms with E-state index in [0.29, 0.717) is 5.95 Å². The Morgan fingerprint density at radius 3 is 2.95 bits per heavy atom. The lowest BCUT2D eigenvalue weighted by Crippen LogP contribution is -2.05. The number of aromatic nitrogens is 3. The lowest BCUT2D eigenvalue weighted by Gasteiger charge is -2.06. The molecule has 0 aliphatic carbocycles. The summed E-state index contributed by atoms with van der Waals surface area (Å²) in [4.78, 5) is 8.50. The predicted molar refractivity (Wildman–Crippen MR) is 79.8 cm³/mol. The molecule has 19 heavy (non-hydrogen) atoms. The zero-order valence-corrected chi connectivity index (χ0v) is 11.8. The summed E-state index contributed by atoms with van der Waals surface area (Å²) in [5, 5.41) is 0. The third-order valence-electron chi connectivity index (χ3n) is 3.09. The van der Waals surface area contributed by atoms with Crippen LogP contribution in [0.25, 0.3) is 11.0 Å². The highest BCUT2D eigenvalue weighted by atomic mass is 79.9. The molecule has 0 bridgehead atoms. The van der Waals surface area contributed by atoms with E-state index in [4.69, 9.17) is 5.73 Å². The molecule has 96 valence electrons. The summed E-state index contributed by atoms with van der Waals surface area (Å²) in [6, 6.07) is 10.0. The number of fused-ring (bicyclic) bond motifs is 1. The zero-order valence-electron chi connectivity index (χ0n) is 10.3. The Morgan fingerprint density at radius 1 is 1.26 bits per heavy atom. The van der Waals surface area contributed by atoms with Crippen LogP contribution >= 0.6 is 15.9 Å². The first-order chi connectivity index (χ1) is 9.24. The zero-order chi connectivity index (χ0) is 13.2. The summed E-state index contributed by atoms with van der Waals surface area (Å²) in [6.45, 7) is 0.801. The Bertz CT molecular complexity index is 706. The normalized spacial score (nSPS) is 11.0. The van der Waals surface area contributed by atoms with E-state index in [1.165, 1.54) is 5.56 Å². The monoisotopic (exact) mass is 316 g/mol. The van der Waals surface area contributed by atoms with Crippen molar-refractivity contribution in [2.45, 2.75) is 13.0 Å². The van der Waals surface area contributed by atoms with Gasteiger partial charge in [-0.1, -0.05) is 22.0 Å². The standard InChI is InChI=1S/C14H13BrN4/c15-11-3-4-13-12(8-11)18-14(16)19(13)7-5-10-2-1-6-17-9-10/h1-4,6,8-9H,5,7H2,(H2,16,18). The summed E-state index contributed by atoms with van der Waals surface area (Å²) < 4.78 is 3.05. The van der Waals surface area contributed by atoms with Crippen LogP contribution in [0.15, 0.2) is 47.2 Å². The van der Waals surface area contributed by atoms with Gasteiger partial charge in [-0.05, 0) is 36.2 Å². The quantitative estimate of drug-likeness (QED) is 0.808. The molecule has 0 fully saturated rings. The second-order valence-electron chi connectivity index (χ2n) is 4.37. The van der Waals surface area contributed by atoms with Crippen LogP contribution in [0.4, 0.5) is 5.95 Å². The molecule has 0 unspecified atom stereocenters. The fraction of sp³-hybridized carbons (Fsp3) is 0.143. The molecular formula is C14H13BrN4. The number of anilines is 1. The van der Waals surface area contributed by atoms with Gasteiger partial charge in [-0.25, -0.2) is 4.98 Å². The van der Waals surface area contributed by atoms with E-state index < -0.39 is 0 Å². The maximum Gasteiger partial charge on any atom is 0.201 e. The summed E-state index contributed by atoms with van der Waals surface area (Å²) in [5.74, 6) is 0.553. The van der Waals surface area contributed by atoms with Crippen LogP contribution in [-0.4, -0.2) is 14.5 Å². The third-order valence-corrected chi connectivity index (χ3v) is 3.58. The number of nitrogens with two attached hydrogens (primary N) is 1. The van der Waals surface area contributed by atoms with Gasteiger partial charge >= 0.3 is 0 Å². The van der Waals surface area contributed by atoms with Crippen LogP contribution in [0.2, 0.25) is 0 Å².